The third kappa shape index (κ3) is 2.79. The van der Waals surface area contributed by atoms with Crippen molar-refractivity contribution < 1.29 is 24.2 Å². The predicted octanol–water partition coefficient (Wildman–Crippen LogP) is 3.80. The van der Waals surface area contributed by atoms with Crippen LogP contribution in [0.15, 0.2) is 53.2 Å². The summed E-state index contributed by atoms with van der Waals surface area (Å²) in [5, 5.41) is 13.4. The molecule has 0 radical (unpaired) electrons. The van der Waals surface area contributed by atoms with Gasteiger partial charge < -0.3 is 19.9 Å². The number of Topliss-reactive ketones (excluding diaryl/α,β-unsaturated/α-hetero) is 1. The summed E-state index contributed by atoms with van der Waals surface area (Å²) in [6, 6.07) is 10.4. The lowest BCUT2D eigenvalue weighted by molar-refractivity contribution is -0.136. The minimum atomic E-state index is -0.731. The van der Waals surface area contributed by atoms with Crippen molar-refractivity contribution in [2.45, 2.75) is 12.8 Å². The third-order valence-corrected chi connectivity index (χ3v) is 5.55. The fourth-order valence-electron chi connectivity index (χ4n) is 3.96. The first kappa shape index (κ1) is 19.1. The molecule has 0 spiro atoms. The van der Waals surface area contributed by atoms with E-state index in [2.05, 4.69) is 5.32 Å². The molecule has 2 aliphatic rings. The van der Waals surface area contributed by atoms with Crippen molar-refractivity contribution in [2.75, 3.05) is 14.2 Å². The highest BCUT2D eigenvalue weighted by Crippen LogP contribution is 2.48. The van der Waals surface area contributed by atoms with Crippen molar-refractivity contribution in [3.63, 3.8) is 0 Å². The average molecular weight is 412 g/mol. The number of ether oxygens (including phenoxy) is 2. The number of phenolic OH excluding ortho intramolecular Hbond substituents is 1. The van der Waals surface area contributed by atoms with E-state index in [0.29, 0.717) is 33.7 Å². The van der Waals surface area contributed by atoms with Crippen LogP contribution in [0.2, 0.25) is 5.02 Å². The number of hydrogen-bond acceptors (Lipinski definition) is 6. The van der Waals surface area contributed by atoms with Gasteiger partial charge in [0, 0.05) is 28.3 Å². The van der Waals surface area contributed by atoms with E-state index in [4.69, 9.17) is 21.1 Å². The molecule has 4 rings (SSSR count). The average Bonchev–Trinajstić information content (AvgIpc) is 3.00. The van der Waals surface area contributed by atoms with Crippen LogP contribution in [0.1, 0.15) is 34.3 Å². The minimum absolute atomic E-state index is 0.0601. The normalized spacial score (nSPS) is 17.7. The summed E-state index contributed by atoms with van der Waals surface area (Å²) in [6.45, 7) is 1.76. The van der Waals surface area contributed by atoms with Crippen molar-refractivity contribution in [3.8, 4) is 11.5 Å². The van der Waals surface area contributed by atoms with Gasteiger partial charge in [0.1, 0.15) is 0 Å². The Labute approximate surface area is 172 Å². The predicted molar refractivity (Wildman–Crippen MR) is 108 cm³/mol. The fourth-order valence-corrected chi connectivity index (χ4v) is 4.18. The van der Waals surface area contributed by atoms with Gasteiger partial charge in [-0.05, 0) is 24.6 Å². The number of benzene rings is 2. The van der Waals surface area contributed by atoms with E-state index in [-0.39, 0.29) is 22.3 Å². The molecular weight excluding hydrogens is 394 g/mol. The zero-order chi connectivity index (χ0) is 20.9. The smallest absolute Gasteiger partial charge is 0.336 e. The van der Waals surface area contributed by atoms with Crippen LogP contribution < -0.4 is 10.1 Å². The van der Waals surface area contributed by atoms with Gasteiger partial charge in [-0.25, -0.2) is 4.79 Å². The zero-order valence-electron chi connectivity index (χ0n) is 16.0. The number of esters is 1. The van der Waals surface area contributed by atoms with E-state index in [1.165, 1.54) is 20.3 Å². The van der Waals surface area contributed by atoms with Crippen LogP contribution in [0.4, 0.5) is 0 Å². The molecule has 1 atom stereocenters. The van der Waals surface area contributed by atoms with Crippen LogP contribution in [0.5, 0.6) is 11.5 Å². The second-order valence-electron chi connectivity index (χ2n) is 6.81. The van der Waals surface area contributed by atoms with E-state index in [1.54, 1.807) is 25.1 Å². The topological polar surface area (TPSA) is 84.9 Å². The number of carbonyl (C=O) groups is 2. The highest BCUT2D eigenvalue weighted by atomic mass is 35.5. The van der Waals surface area contributed by atoms with E-state index in [0.717, 1.165) is 5.56 Å². The Balaban J connectivity index is 1.99. The van der Waals surface area contributed by atoms with Gasteiger partial charge in [0.25, 0.3) is 0 Å². The van der Waals surface area contributed by atoms with E-state index >= 15 is 0 Å². The Hall–Kier alpha value is -3.25. The molecule has 148 valence electrons. The van der Waals surface area contributed by atoms with Crippen molar-refractivity contribution in [2.24, 2.45) is 0 Å². The standard InChI is InChI=1S/C22H18ClNO5/c1-10-16(22(27)29-3)17(11-8-14(23)21(26)15(9-11)28-2)18-19(24-10)12-6-4-5-7-13(12)20(18)25/h4-9,17,24,26H,1-3H3/t17-/m1/s1. The lowest BCUT2D eigenvalue weighted by atomic mass is 9.79. The van der Waals surface area contributed by atoms with Gasteiger partial charge in [-0.1, -0.05) is 35.9 Å². The van der Waals surface area contributed by atoms with Gasteiger partial charge >= 0.3 is 5.97 Å². The van der Waals surface area contributed by atoms with Gasteiger partial charge in [-0.2, -0.15) is 0 Å². The summed E-state index contributed by atoms with van der Waals surface area (Å²) in [5.74, 6) is -1.52. The number of halogens is 1. The van der Waals surface area contributed by atoms with Crippen LogP contribution in [0.25, 0.3) is 5.70 Å². The van der Waals surface area contributed by atoms with Crippen LogP contribution in [0.3, 0.4) is 0 Å². The first-order valence-corrected chi connectivity index (χ1v) is 9.27. The Morgan fingerprint density at radius 3 is 2.52 bits per heavy atom. The second-order valence-corrected chi connectivity index (χ2v) is 7.21. The molecular formula is C22H18ClNO5. The highest BCUT2D eigenvalue weighted by Gasteiger charge is 2.43. The molecule has 7 heteroatoms. The van der Waals surface area contributed by atoms with E-state index < -0.39 is 11.9 Å². The number of aromatic hydroxyl groups is 1. The molecule has 2 aromatic rings. The van der Waals surface area contributed by atoms with Gasteiger partial charge in [-0.15, -0.1) is 0 Å². The zero-order valence-corrected chi connectivity index (χ0v) is 16.8. The molecule has 0 bridgehead atoms. The van der Waals surface area contributed by atoms with Crippen LogP contribution in [0, 0.1) is 0 Å². The largest absolute Gasteiger partial charge is 0.503 e. The second kappa shape index (κ2) is 6.97. The molecule has 2 N–H and O–H groups in total. The summed E-state index contributed by atoms with van der Waals surface area (Å²) >= 11 is 6.20. The fraction of sp³-hybridized carbons (Fsp3) is 0.182. The molecule has 0 amide bonds. The van der Waals surface area contributed by atoms with E-state index in [1.807, 2.05) is 12.1 Å². The van der Waals surface area contributed by atoms with E-state index in [9.17, 15) is 14.7 Å². The maximum atomic E-state index is 13.3. The maximum absolute atomic E-state index is 13.3. The van der Waals surface area contributed by atoms with Crippen LogP contribution in [-0.2, 0) is 9.53 Å². The number of ketones is 1. The number of carbonyl (C=O) groups excluding carboxylic acids is 2. The number of methoxy groups -OCH3 is 2. The Bertz CT molecular complexity index is 1130. The molecule has 29 heavy (non-hydrogen) atoms. The summed E-state index contributed by atoms with van der Waals surface area (Å²) in [5.41, 5.74) is 3.84. The number of dihydropyridines is 1. The number of rotatable bonds is 3. The summed E-state index contributed by atoms with van der Waals surface area (Å²) in [6.07, 6.45) is 0. The Morgan fingerprint density at radius 1 is 1.17 bits per heavy atom. The lowest BCUT2D eigenvalue weighted by Gasteiger charge is -2.29. The molecule has 1 aliphatic carbocycles. The SMILES string of the molecule is COC(=O)C1=C(C)NC2=C(C(=O)c3ccccc32)[C@@H]1c1cc(Cl)c(O)c(OC)c1. The van der Waals surface area contributed by atoms with Crippen LogP contribution in [-0.4, -0.2) is 31.1 Å². The number of phenols is 1. The van der Waals surface area contributed by atoms with Crippen molar-refractivity contribution in [3.05, 3.63) is 75.0 Å². The highest BCUT2D eigenvalue weighted by molar-refractivity contribution is 6.32. The molecule has 0 saturated carbocycles. The van der Waals surface area contributed by atoms with Crippen LogP contribution >= 0.6 is 11.6 Å². The van der Waals surface area contributed by atoms with Crippen molar-refractivity contribution in [1.29, 1.82) is 0 Å². The minimum Gasteiger partial charge on any atom is -0.503 e. The quantitative estimate of drug-likeness (QED) is 0.747. The Kier molecular flexibility index (Phi) is 4.59. The maximum Gasteiger partial charge on any atom is 0.336 e. The van der Waals surface area contributed by atoms with Gasteiger partial charge in [0.05, 0.1) is 30.5 Å². The molecule has 1 aliphatic heterocycles. The molecule has 1 heterocycles. The molecule has 6 nitrogen and oxygen atoms in total. The molecule has 0 fully saturated rings. The lowest BCUT2D eigenvalue weighted by Crippen LogP contribution is -2.29. The summed E-state index contributed by atoms with van der Waals surface area (Å²) < 4.78 is 10.2. The summed E-state index contributed by atoms with van der Waals surface area (Å²) in [7, 11) is 2.69. The molecule has 0 unspecified atom stereocenters. The monoisotopic (exact) mass is 411 g/mol. The molecule has 2 aromatic carbocycles. The van der Waals surface area contributed by atoms with Gasteiger partial charge in [0.15, 0.2) is 17.3 Å². The number of hydrogen-bond donors (Lipinski definition) is 2. The summed E-state index contributed by atoms with van der Waals surface area (Å²) in [4.78, 5) is 26.0. The molecule has 0 saturated heterocycles. The number of nitrogens with one attached hydrogen (secondary N) is 1. The number of fused-ring (bicyclic) bond motifs is 2. The number of allylic oxidation sites excluding steroid dienone is 2. The molecule has 0 aromatic heterocycles. The third-order valence-electron chi connectivity index (χ3n) is 5.26. The Morgan fingerprint density at radius 2 is 1.86 bits per heavy atom. The van der Waals surface area contributed by atoms with Crippen molar-refractivity contribution >= 4 is 29.1 Å². The van der Waals surface area contributed by atoms with Gasteiger partial charge in [-0.3, -0.25) is 4.79 Å². The first-order valence-electron chi connectivity index (χ1n) is 8.89. The van der Waals surface area contributed by atoms with Crippen molar-refractivity contribution in [1.82, 2.24) is 5.32 Å². The van der Waals surface area contributed by atoms with Gasteiger partial charge in [0.2, 0.25) is 0 Å². The first-order chi connectivity index (χ1) is 13.9.